The average molecular weight is 284 g/mol. The van der Waals surface area contributed by atoms with Gasteiger partial charge in [-0.1, -0.05) is 30.3 Å². The quantitative estimate of drug-likeness (QED) is 0.505. The van der Waals surface area contributed by atoms with Crippen LogP contribution in [-0.2, 0) is 0 Å². The Morgan fingerprint density at radius 3 is 2.58 bits per heavy atom. The van der Waals surface area contributed by atoms with Crippen LogP contribution in [0.2, 0.25) is 0 Å². The van der Waals surface area contributed by atoms with Gasteiger partial charge in [-0.15, -0.1) is 23.1 Å². The normalized spacial score (nSPS) is 10.8. The Balaban J connectivity index is 2.14. The highest BCUT2D eigenvalue weighted by Gasteiger charge is 2.16. The van der Waals surface area contributed by atoms with Gasteiger partial charge in [0.2, 0.25) is 0 Å². The third kappa shape index (κ3) is 2.20. The van der Waals surface area contributed by atoms with E-state index in [1.54, 1.807) is 23.1 Å². The molecule has 94 valence electrons. The van der Waals surface area contributed by atoms with Gasteiger partial charge >= 0.3 is 0 Å². The standard InChI is InChI=1S/C16H12OS2/c1-18-14-8-4-3-7-12(14)16(17)13-10-19-15-9-5-2-6-11(13)15/h2-10H,1H3. The summed E-state index contributed by atoms with van der Waals surface area (Å²) >= 11 is 3.23. The van der Waals surface area contributed by atoms with Crippen LogP contribution in [0.4, 0.5) is 0 Å². The molecular weight excluding hydrogens is 272 g/mol. The molecule has 1 heterocycles. The van der Waals surface area contributed by atoms with Crippen LogP contribution < -0.4 is 0 Å². The Bertz CT molecular complexity index is 743. The average Bonchev–Trinajstić information content (AvgIpc) is 2.90. The van der Waals surface area contributed by atoms with E-state index in [0.29, 0.717) is 0 Å². The molecule has 0 saturated carbocycles. The van der Waals surface area contributed by atoms with Crippen molar-refractivity contribution in [2.24, 2.45) is 0 Å². The van der Waals surface area contributed by atoms with Crippen LogP contribution in [0.15, 0.2) is 58.8 Å². The Hall–Kier alpha value is -1.58. The number of fused-ring (bicyclic) bond motifs is 1. The molecule has 0 spiro atoms. The first-order valence-corrected chi connectivity index (χ1v) is 8.05. The second-order valence-electron chi connectivity index (χ2n) is 4.17. The highest BCUT2D eigenvalue weighted by Crippen LogP contribution is 2.30. The highest BCUT2D eigenvalue weighted by molar-refractivity contribution is 7.98. The minimum Gasteiger partial charge on any atom is -0.289 e. The van der Waals surface area contributed by atoms with Gasteiger partial charge < -0.3 is 0 Å². The van der Waals surface area contributed by atoms with Crippen molar-refractivity contribution in [1.29, 1.82) is 0 Å². The molecule has 0 bridgehead atoms. The monoisotopic (exact) mass is 284 g/mol. The molecule has 0 fully saturated rings. The fourth-order valence-corrected chi connectivity index (χ4v) is 3.67. The molecule has 0 aliphatic carbocycles. The molecule has 0 N–H and O–H groups in total. The summed E-state index contributed by atoms with van der Waals surface area (Å²) in [7, 11) is 0. The van der Waals surface area contributed by atoms with Crippen LogP contribution in [-0.4, -0.2) is 12.0 Å². The zero-order valence-corrected chi connectivity index (χ0v) is 12.1. The van der Waals surface area contributed by atoms with E-state index in [2.05, 4.69) is 6.07 Å². The van der Waals surface area contributed by atoms with Crippen LogP contribution in [0.25, 0.3) is 10.1 Å². The molecule has 2 aromatic carbocycles. The van der Waals surface area contributed by atoms with E-state index in [0.717, 1.165) is 26.1 Å². The third-order valence-electron chi connectivity index (χ3n) is 3.08. The summed E-state index contributed by atoms with van der Waals surface area (Å²) in [5.41, 5.74) is 1.60. The molecule has 0 radical (unpaired) electrons. The zero-order valence-electron chi connectivity index (χ0n) is 10.4. The third-order valence-corrected chi connectivity index (χ3v) is 4.84. The first-order chi connectivity index (χ1) is 9.31. The van der Waals surface area contributed by atoms with Crippen LogP contribution >= 0.6 is 23.1 Å². The number of benzene rings is 2. The number of hydrogen-bond acceptors (Lipinski definition) is 3. The van der Waals surface area contributed by atoms with Gasteiger partial charge in [0.05, 0.1) is 0 Å². The summed E-state index contributed by atoms with van der Waals surface area (Å²) in [6.07, 6.45) is 2.00. The van der Waals surface area contributed by atoms with Crippen molar-refractivity contribution >= 4 is 39.0 Å². The highest BCUT2D eigenvalue weighted by atomic mass is 32.2. The van der Waals surface area contributed by atoms with E-state index < -0.39 is 0 Å². The number of thiophene rings is 1. The van der Waals surface area contributed by atoms with Crippen LogP contribution in [0.3, 0.4) is 0 Å². The molecule has 0 saturated heterocycles. The lowest BCUT2D eigenvalue weighted by molar-refractivity contribution is 0.103. The summed E-state index contributed by atoms with van der Waals surface area (Å²) in [5.74, 6) is 0.113. The predicted octanol–water partition coefficient (Wildman–Crippen LogP) is 4.85. The van der Waals surface area contributed by atoms with Crippen molar-refractivity contribution in [3.63, 3.8) is 0 Å². The van der Waals surface area contributed by atoms with E-state index in [4.69, 9.17) is 0 Å². The number of carbonyl (C=O) groups excluding carboxylic acids is 1. The van der Waals surface area contributed by atoms with Crippen molar-refractivity contribution in [1.82, 2.24) is 0 Å². The van der Waals surface area contributed by atoms with E-state index in [1.807, 2.05) is 54.1 Å². The summed E-state index contributed by atoms with van der Waals surface area (Å²) in [6, 6.07) is 15.8. The van der Waals surface area contributed by atoms with Crippen LogP contribution in [0.1, 0.15) is 15.9 Å². The fourth-order valence-electron chi connectivity index (χ4n) is 2.13. The van der Waals surface area contributed by atoms with Gasteiger partial charge in [0.25, 0.3) is 0 Å². The van der Waals surface area contributed by atoms with Crippen molar-refractivity contribution < 1.29 is 4.79 Å². The number of carbonyl (C=O) groups is 1. The summed E-state index contributed by atoms with van der Waals surface area (Å²) in [6.45, 7) is 0. The van der Waals surface area contributed by atoms with Crippen LogP contribution in [0.5, 0.6) is 0 Å². The topological polar surface area (TPSA) is 17.1 Å². The summed E-state index contributed by atoms with van der Waals surface area (Å²) in [5, 5.41) is 3.01. The molecule has 0 unspecified atom stereocenters. The number of hydrogen-bond donors (Lipinski definition) is 0. The largest absolute Gasteiger partial charge is 0.289 e. The molecule has 1 aromatic heterocycles. The fraction of sp³-hybridized carbons (Fsp3) is 0.0625. The molecule has 3 heteroatoms. The molecule has 0 atom stereocenters. The minimum atomic E-state index is 0.113. The van der Waals surface area contributed by atoms with Gasteiger partial charge in [-0.25, -0.2) is 0 Å². The Morgan fingerprint density at radius 1 is 1.00 bits per heavy atom. The molecule has 19 heavy (non-hydrogen) atoms. The predicted molar refractivity (Wildman–Crippen MR) is 83.5 cm³/mol. The molecule has 1 nitrogen and oxygen atoms in total. The molecule has 3 rings (SSSR count). The summed E-state index contributed by atoms with van der Waals surface area (Å²) in [4.78, 5) is 13.7. The van der Waals surface area contributed by atoms with Gasteiger partial charge in [-0.05, 0) is 24.5 Å². The van der Waals surface area contributed by atoms with E-state index in [-0.39, 0.29) is 5.78 Å². The van der Waals surface area contributed by atoms with Gasteiger partial charge in [0, 0.05) is 31.5 Å². The second-order valence-corrected chi connectivity index (χ2v) is 5.93. The maximum atomic E-state index is 12.7. The van der Waals surface area contributed by atoms with Gasteiger partial charge in [-0.3, -0.25) is 4.79 Å². The van der Waals surface area contributed by atoms with E-state index in [1.165, 1.54) is 0 Å². The number of thioether (sulfide) groups is 1. The molecular formula is C16H12OS2. The second kappa shape index (κ2) is 5.19. The lowest BCUT2D eigenvalue weighted by atomic mass is 10.0. The number of rotatable bonds is 3. The Labute approximate surface area is 120 Å². The lowest BCUT2D eigenvalue weighted by Crippen LogP contribution is -2.01. The molecule has 0 amide bonds. The van der Waals surface area contributed by atoms with Crippen molar-refractivity contribution in [3.8, 4) is 0 Å². The smallest absolute Gasteiger partial charge is 0.195 e. The van der Waals surface area contributed by atoms with E-state index in [9.17, 15) is 4.79 Å². The molecule has 0 aliphatic heterocycles. The van der Waals surface area contributed by atoms with E-state index >= 15 is 0 Å². The maximum absolute atomic E-state index is 12.7. The van der Waals surface area contributed by atoms with Crippen molar-refractivity contribution in [2.75, 3.05) is 6.26 Å². The van der Waals surface area contributed by atoms with Crippen molar-refractivity contribution in [2.45, 2.75) is 4.90 Å². The van der Waals surface area contributed by atoms with Crippen LogP contribution in [0, 0.1) is 0 Å². The van der Waals surface area contributed by atoms with Gasteiger partial charge in [-0.2, -0.15) is 0 Å². The molecule has 3 aromatic rings. The maximum Gasteiger partial charge on any atom is 0.195 e. The van der Waals surface area contributed by atoms with Gasteiger partial charge in [0.15, 0.2) is 5.78 Å². The first-order valence-electron chi connectivity index (χ1n) is 5.95. The lowest BCUT2D eigenvalue weighted by Gasteiger charge is -2.05. The number of ketones is 1. The summed E-state index contributed by atoms with van der Waals surface area (Å²) < 4.78 is 1.16. The Kier molecular flexibility index (Phi) is 3.40. The Morgan fingerprint density at radius 2 is 1.74 bits per heavy atom. The SMILES string of the molecule is CSc1ccccc1C(=O)c1csc2ccccc12. The zero-order chi connectivity index (χ0) is 13.2. The molecule has 0 aliphatic rings. The van der Waals surface area contributed by atoms with Gasteiger partial charge in [0.1, 0.15) is 0 Å². The van der Waals surface area contributed by atoms with Crippen molar-refractivity contribution in [3.05, 3.63) is 65.0 Å². The first kappa shape index (κ1) is 12.5. The minimum absolute atomic E-state index is 0.113.